The molecule has 3 aromatic carbocycles. The van der Waals surface area contributed by atoms with Crippen LogP contribution in [0.3, 0.4) is 0 Å². The molecule has 174 valence electrons. The van der Waals surface area contributed by atoms with E-state index in [-0.39, 0.29) is 12.0 Å². The smallest absolute Gasteiger partial charge is 0.161 e. The lowest BCUT2D eigenvalue weighted by atomic mass is 9.84. The molecule has 0 radical (unpaired) electrons. The van der Waals surface area contributed by atoms with Crippen molar-refractivity contribution in [3.05, 3.63) is 96.1 Å². The van der Waals surface area contributed by atoms with Crippen LogP contribution in [0, 0.1) is 0 Å². The lowest BCUT2D eigenvalue weighted by Crippen LogP contribution is -2.27. The zero-order valence-corrected chi connectivity index (χ0v) is 19.8. The standard InChI is InChI=1S/C28H33NO4/c1-6-10-23(21-13-15-24(30-2)26(17-21)32-4)28(29-19-20-11-8-7-9-12-20)22-14-16-25(31-3)27(18-22)33-5/h6-9,11-18,23,28-29H,1,10,19H2,2-5H3/t23-,28+/m0/s1. The van der Waals surface area contributed by atoms with Gasteiger partial charge in [-0.25, -0.2) is 0 Å². The summed E-state index contributed by atoms with van der Waals surface area (Å²) < 4.78 is 22.1. The summed E-state index contributed by atoms with van der Waals surface area (Å²) >= 11 is 0. The lowest BCUT2D eigenvalue weighted by Gasteiger charge is -2.29. The molecule has 0 heterocycles. The van der Waals surface area contributed by atoms with E-state index < -0.39 is 0 Å². The fraction of sp³-hybridized carbons (Fsp3) is 0.286. The lowest BCUT2D eigenvalue weighted by molar-refractivity contribution is 0.351. The highest BCUT2D eigenvalue weighted by atomic mass is 16.5. The number of nitrogens with one attached hydrogen (secondary N) is 1. The SMILES string of the molecule is C=CC[C@@H](c1ccc(OC)c(OC)c1)[C@H](NCc1ccccc1)c1ccc(OC)c(OC)c1. The average molecular weight is 448 g/mol. The van der Waals surface area contributed by atoms with Crippen LogP contribution in [0.25, 0.3) is 0 Å². The van der Waals surface area contributed by atoms with Gasteiger partial charge in [-0.15, -0.1) is 6.58 Å². The van der Waals surface area contributed by atoms with Gasteiger partial charge in [0.1, 0.15) is 0 Å². The first-order valence-corrected chi connectivity index (χ1v) is 11.0. The van der Waals surface area contributed by atoms with Crippen molar-refractivity contribution in [3.8, 4) is 23.0 Å². The van der Waals surface area contributed by atoms with Gasteiger partial charge in [0.25, 0.3) is 0 Å². The summed E-state index contributed by atoms with van der Waals surface area (Å²) in [5.74, 6) is 2.92. The molecule has 0 aliphatic rings. The molecule has 0 spiro atoms. The molecular weight excluding hydrogens is 414 g/mol. The second kappa shape index (κ2) is 12.0. The van der Waals surface area contributed by atoms with Crippen molar-refractivity contribution >= 4 is 0 Å². The van der Waals surface area contributed by atoms with Gasteiger partial charge in [0.2, 0.25) is 0 Å². The van der Waals surface area contributed by atoms with E-state index >= 15 is 0 Å². The third kappa shape index (κ3) is 5.88. The van der Waals surface area contributed by atoms with E-state index in [0.29, 0.717) is 23.0 Å². The fourth-order valence-corrected chi connectivity index (χ4v) is 4.09. The number of hydrogen-bond acceptors (Lipinski definition) is 5. The molecule has 0 amide bonds. The maximum Gasteiger partial charge on any atom is 0.161 e. The van der Waals surface area contributed by atoms with Crippen LogP contribution in [0.2, 0.25) is 0 Å². The minimum atomic E-state index is -0.0129. The third-order valence-electron chi connectivity index (χ3n) is 5.79. The second-order valence-electron chi connectivity index (χ2n) is 7.70. The van der Waals surface area contributed by atoms with E-state index in [2.05, 4.69) is 48.3 Å². The summed E-state index contributed by atoms with van der Waals surface area (Å²) in [4.78, 5) is 0. The molecule has 5 heteroatoms. The Hall–Kier alpha value is -3.44. The highest BCUT2D eigenvalue weighted by Crippen LogP contribution is 2.40. The number of hydrogen-bond donors (Lipinski definition) is 1. The van der Waals surface area contributed by atoms with Crippen LogP contribution in [0.1, 0.15) is 35.1 Å². The summed E-state index contributed by atoms with van der Waals surface area (Å²) in [6.45, 7) is 4.75. The Bertz CT molecular complexity index is 1040. The Morgan fingerprint density at radius 3 is 1.82 bits per heavy atom. The Labute approximate surface area is 197 Å². The van der Waals surface area contributed by atoms with Gasteiger partial charge < -0.3 is 24.3 Å². The number of ether oxygens (including phenoxy) is 4. The molecule has 0 fully saturated rings. The van der Waals surface area contributed by atoms with Crippen LogP contribution < -0.4 is 24.3 Å². The van der Waals surface area contributed by atoms with Crippen LogP contribution in [-0.4, -0.2) is 28.4 Å². The van der Waals surface area contributed by atoms with Crippen molar-refractivity contribution in [2.75, 3.05) is 28.4 Å². The first kappa shape index (κ1) is 24.2. The van der Waals surface area contributed by atoms with Gasteiger partial charge in [-0.2, -0.15) is 0 Å². The van der Waals surface area contributed by atoms with Crippen molar-refractivity contribution in [3.63, 3.8) is 0 Å². The Morgan fingerprint density at radius 1 is 0.727 bits per heavy atom. The van der Waals surface area contributed by atoms with Crippen molar-refractivity contribution in [1.82, 2.24) is 5.32 Å². The van der Waals surface area contributed by atoms with E-state index in [0.717, 1.165) is 24.1 Å². The number of rotatable bonds is 12. The summed E-state index contributed by atoms with van der Waals surface area (Å²) in [6, 6.07) is 22.5. The molecule has 2 atom stereocenters. The van der Waals surface area contributed by atoms with E-state index in [1.54, 1.807) is 28.4 Å². The van der Waals surface area contributed by atoms with Gasteiger partial charge >= 0.3 is 0 Å². The summed E-state index contributed by atoms with van der Waals surface area (Å²) in [6.07, 6.45) is 2.73. The molecule has 3 rings (SSSR count). The van der Waals surface area contributed by atoms with E-state index in [1.807, 2.05) is 36.4 Å². The molecule has 5 nitrogen and oxygen atoms in total. The second-order valence-corrected chi connectivity index (χ2v) is 7.70. The van der Waals surface area contributed by atoms with Crippen LogP contribution in [0.15, 0.2) is 79.4 Å². The molecule has 0 aromatic heterocycles. The zero-order valence-electron chi connectivity index (χ0n) is 19.8. The van der Waals surface area contributed by atoms with Crippen LogP contribution in [0.4, 0.5) is 0 Å². The first-order valence-electron chi connectivity index (χ1n) is 11.0. The van der Waals surface area contributed by atoms with Gasteiger partial charge in [-0.1, -0.05) is 48.5 Å². The highest BCUT2D eigenvalue weighted by Gasteiger charge is 2.26. The molecule has 3 aromatic rings. The summed E-state index contributed by atoms with van der Waals surface area (Å²) in [5, 5.41) is 3.77. The van der Waals surface area contributed by atoms with Crippen LogP contribution in [-0.2, 0) is 6.54 Å². The minimum Gasteiger partial charge on any atom is -0.493 e. The van der Waals surface area contributed by atoms with Gasteiger partial charge in [-0.3, -0.25) is 0 Å². The topological polar surface area (TPSA) is 49.0 Å². The molecule has 0 unspecified atom stereocenters. The van der Waals surface area contributed by atoms with Crippen molar-refractivity contribution in [2.45, 2.75) is 24.9 Å². The van der Waals surface area contributed by atoms with E-state index in [9.17, 15) is 0 Å². The Kier molecular flexibility index (Phi) is 8.79. The molecule has 0 saturated heterocycles. The quantitative estimate of drug-likeness (QED) is 0.350. The number of methoxy groups -OCH3 is 4. The largest absolute Gasteiger partial charge is 0.493 e. The predicted octanol–water partition coefficient (Wildman–Crippen LogP) is 5.91. The molecule has 0 aliphatic heterocycles. The Morgan fingerprint density at radius 2 is 1.27 bits per heavy atom. The minimum absolute atomic E-state index is 0.0129. The predicted molar refractivity (Wildman–Crippen MR) is 133 cm³/mol. The first-order chi connectivity index (χ1) is 16.1. The monoisotopic (exact) mass is 447 g/mol. The van der Waals surface area contributed by atoms with E-state index in [4.69, 9.17) is 18.9 Å². The number of allylic oxidation sites excluding steroid dienone is 1. The van der Waals surface area contributed by atoms with E-state index in [1.165, 1.54) is 5.56 Å². The van der Waals surface area contributed by atoms with Gasteiger partial charge in [0.15, 0.2) is 23.0 Å². The maximum absolute atomic E-state index is 5.59. The molecule has 0 saturated carbocycles. The maximum atomic E-state index is 5.59. The third-order valence-corrected chi connectivity index (χ3v) is 5.79. The summed E-state index contributed by atoms with van der Waals surface area (Å²) in [7, 11) is 6.60. The molecule has 1 N–H and O–H groups in total. The van der Waals surface area contributed by atoms with Crippen LogP contribution >= 0.6 is 0 Å². The fourth-order valence-electron chi connectivity index (χ4n) is 4.09. The number of benzene rings is 3. The molecule has 0 aliphatic carbocycles. The molecule has 0 bridgehead atoms. The van der Waals surface area contributed by atoms with Crippen LogP contribution in [0.5, 0.6) is 23.0 Å². The highest BCUT2D eigenvalue weighted by molar-refractivity contribution is 5.47. The molecular formula is C28H33NO4. The van der Waals surface area contributed by atoms with Gasteiger partial charge in [-0.05, 0) is 47.4 Å². The van der Waals surface area contributed by atoms with Gasteiger partial charge in [0.05, 0.1) is 28.4 Å². The van der Waals surface area contributed by atoms with Crippen molar-refractivity contribution in [1.29, 1.82) is 0 Å². The van der Waals surface area contributed by atoms with Crippen molar-refractivity contribution < 1.29 is 18.9 Å². The average Bonchev–Trinajstić information content (AvgIpc) is 2.88. The summed E-state index contributed by atoms with van der Waals surface area (Å²) in [5.41, 5.74) is 3.45. The van der Waals surface area contributed by atoms with Crippen molar-refractivity contribution in [2.24, 2.45) is 0 Å². The normalized spacial score (nSPS) is 12.5. The molecule has 33 heavy (non-hydrogen) atoms. The van der Waals surface area contributed by atoms with Gasteiger partial charge in [0, 0.05) is 18.5 Å². The Balaban J connectivity index is 2.05. The zero-order chi connectivity index (χ0) is 23.6.